The van der Waals surface area contributed by atoms with Gasteiger partial charge in [0.1, 0.15) is 5.82 Å². The number of nitrogens with zero attached hydrogens (tertiary/aromatic N) is 3. The second-order valence-corrected chi connectivity index (χ2v) is 5.04. The summed E-state index contributed by atoms with van der Waals surface area (Å²) in [6, 6.07) is 6.88. The average Bonchev–Trinajstić information content (AvgIpc) is 2.69. The number of halogens is 2. The summed E-state index contributed by atoms with van der Waals surface area (Å²) in [5.41, 5.74) is 0.860. The molecule has 0 amide bonds. The smallest absolute Gasteiger partial charge is 0.288 e. The molecule has 0 saturated carbocycles. The summed E-state index contributed by atoms with van der Waals surface area (Å²) in [4.78, 5) is 0.551. The van der Waals surface area contributed by atoms with E-state index < -0.39 is 5.76 Å². The normalized spacial score (nSPS) is 11.0. The maximum atomic E-state index is 12.2. The number of aryl methyl sites for hydroxylation is 1. The van der Waals surface area contributed by atoms with Gasteiger partial charge in [-0.15, -0.1) is 10.2 Å². The Morgan fingerprint density at radius 3 is 2.47 bits per heavy atom. The first-order chi connectivity index (χ1) is 9.06. The van der Waals surface area contributed by atoms with Crippen LogP contribution in [0.3, 0.4) is 0 Å². The Morgan fingerprint density at radius 1 is 1.26 bits per heavy atom. The topological polar surface area (TPSA) is 42.7 Å². The standard InChI is InChI=1S/C12H14F2N4S/c1-8-16-17-11(18(8)2)7-15-9-3-5-10(6-4-9)19-12(13)14/h3-6,12,15H,7H2,1-2H3. The Kier molecular flexibility index (Phi) is 4.36. The molecule has 0 aliphatic rings. The van der Waals surface area contributed by atoms with Crippen LogP contribution in [0.2, 0.25) is 0 Å². The van der Waals surface area contributed by atoms with Gasteiger partial charge < -0.3 is 9.88 Å². The molecule has 7 heteroatoms. The van der Waals surface area contributed by atoms with Gasteiger partial charge in [0.2, 0.25) is 0 Å². The van der Waals surface area contributed by atoms with Crippen molar-refractivity contribution >= 4 is 17.4 Å². The number of nitrogens with one attached hydrogen (secondary N) is 1. The van der Waals surface area contributed by atoms with Crippen molar-refractivity contribution in [2.75, 3.05) is 5.32 Å². The highest BCUT2D eigenvalue weighted by Crippen LogP contribution is 2.26. The van der Waals surface area contributed by atoms with E-state index in [1.807, 2.05) is 18.5 Å². The van der Waals surface area contributed by atoms with E-state index in [9.17, 15) is 8.78 Å². The number of benzene rings is 1. The third kappa shape index (κ3) is 3.66. The van der Waals surface area contributed by atoms with Crippen LogP contribution in [0.4, 0.5) is 14.5 Å². The molecular formula is C12H14F2N4S. The van der Waals surface area contributed by atoms with Crippen molar-refractivity contribution in [1.82, 2.24) is 14.8 Å². The molecule has 1 heterocycles. The molecule has 4 nitrogen and oxygen atoms in total. The Hall–Kier alpha value is -1.63. The van der Waals surface area contributed by atoms with E-state index in [1.165, 1.54) is 0 Å². The molecule has 0 bridgehead atoms. The van der Waals surface area contributed by atoms with Gasteiger partial charge in [0.15, 0.2) is 5.82 Å². The summed E-state index contributed by atoms with van der Waals surface area (Å²) in [5.74, 6) is -0.718. The van der Waals surface area contributed by atoms with Gasteiger partial charge in [-0.2, -0.15) is 8.78 Å². The predicted octanol–water partition coefficient (Wildman–Crippen LogP) is 3.05. The number of anilines is 1. The van der Waals surface area contributed by atoms with E-state index in [2.05, 4.69) is 15.5 Å². The minimum Gasteiger partial charge on any atom is -0.378 e. The van der Waals surface area contributed by atoms with Crippen molar-refractivity contribution < 1.29 is 8.78 Å². The van der Waals surface area contributed by atoms with Crippen molar-refractivity contribution in [1.29, 1.82) is 0 Å². The lowest BCUT2D eigenvalue weighted by molar-refractivity contribution is 0.252. The zero-order valence-electron chi connectivity index (χ0n) is 10.6. The molecule has 0 spiro atoms. The van der Waals surface area contributed by atoms with E-state index in [-0.39, 0.29) is 0 Å². The molecule has 19 heavy (non-hydrogen) atoms. The fourth-order valence-electron chi connectivity index (χ4n) is 1.54. The molecule has 0 aliphatic carbocycles. The third-order valence-corrected chi connectivity index (χ3v) is 3.44. The molecule has 102 valence electrons. The molecule has 0 fully saturated rings. The van der Waals surface area contributed by atoms with Crippen LogP contribution in [0.25, 0.3) is 0 Å². The molecular weight excluding hydrogens is 270 g/mol. The molecule has 0 radical (unpaired) electrons. The third-order valence-electron chi connectivity index (χ3n) is 2.71. The average molecular weight is 284 g/mol. The summed E-state index contributed by atoms with van der Waals surface area (Å²) in [6.07, 6.45) is 0. The Balaban J connectivity index is 1.95. The number of hydrogen-bond donors (Lipinski definition) is 1. The molecule has 2 aromatic rings. The Labute approximate surface area is 114 Å². The van der Waals surface area contributed by atoms with Crippen LogP contribution in [0.15, 0.2) is 29.2 Å². The van der Waals surface area contributed by atoms with E-state index in [0.29, 0.717) is 23.2 Å². The minimum absolute atomic E-state index is 0.540. The Bertz CT molecular complexity index is 539. The van der Waals surface area contributed by atoms with E-state index in [4.69, 9.17) is 0 Å². The van der Waals surface area contributed by atoms with Crippen LogP contribution in [0, 0.1) is 6.92 Å². The number of thioether (sulfide) groups is 1. The second-order valence-electron chi connectivity index (χ2n) is 3.98. The van der Waals surface area contributed by atoms with E-state index >= 15 is 0 Å². The number of rotatable bonds is 5. The monoisotopic (exact) mass is 284 g/mol. The summed E-state index contributed by atoms with van der Waals surface area (Å²) in [5, 5.41) is 11.2. The number of hydrogen-bond acceptors (Lipinski definition) is 4. The summed E-state index contributed by atoms with van der Waals surface area (Å²) >= 11 is 0.540. The predicted molar refractivity (Wildman–Crippen MR) is 71.4 cm³/mol. The first kappa shape index (κ1) is 13.8. The number of alkyl halides is 2. The molecule has 0 unspecified atom stereocenters. The second kappa shape index (κ2) is 6.01. The van der Waals surface area contributed by atoms with Gasteiger partial charge in [0, 0.05) is 17.6 Å². The lowest BCUT2D eigenvalue weighted by atomic mass is 10.3. The van der Waals surface area contributed by atoms with Gasteiger partial charge in [-0.25, -0.2) is 0 Å². The quantitative estimate of drug-likeness (QED) is 0.857. The van der Waals surface area contributed by atoms with Gasteiger partial charge in [0.05, 0.1) is 6.54 Å². The van der Waals surface area contributed by atoms with Crippen molar-refractivity contribution in [3.8, 4) is 0 Å². The highest BCUT2D eigenvalue weighted by atomic mass is 32.2. The van der Waals surface area contributed by atoms with Crippen LogP contribution in [-0.4, -0.2) is 20.5 Å². The Morgan fingerprint density at radius 2 is 1.95 bits per heavy atom. The van der Waals surface area contributed by atoms with E-state index in [0.717, 1.165) is 17.3 Å². The first-order valence-electron chi connectivity index (χ1n) is 5.70. The fourth-order valence-corrected chi connectivity index (χ4v) is 2.04. The fraction of sp³-hybridized carbons (Fsp3) is 0.333. The van der Waals surface area contributed by atoms with Gasteiger partial charge in [-0.05, 0) is 31.2 Å². The maximum Gasteiger partial charge on any atom is 0.288 e. The SMILES string of the molecule is Cc1nnc(CNc2ccc(SC(F)F)cc2)n1C. The van der Waals surface area contributed by atoms with Crippen molar-refractivity contribution in [3.05, 3.63) is 35.9 Å². The lowest BCUT2D eigenvalue weighted by Crippen LogP contribution is -2.06. The molecule has 1 N–H and O–H groups in total. The van der Waals surface area contributed by atoms with Crippen LogP contribution >= 0.6 is 11.8 Å². The molecule has 0 atom stereocenters. The highest BCUT2D eigenvalue weighted by molar-refractivity contribution is 7.99. The van der Waals surface area contributed by atoms with Gasteiger partial charge in [-0.3, -0.25) is 0 Å². The molecule has 2 rings (SSSR count). The first-order valence-corrected chi connectivity index (χ1v) is 6.58. The number of aromatic nitrogens is 3. The van der Waals surface area contributed by atoms with Crippen molar-refractivity contribution in [2.24, 2.45) is 7.05 Å². The summed E-state index contributed by atoms with van der Waals surface area (Å²) < 4.78 is 26.2. The maximum absolute atomic E-state index is 12.2. The molecule has 0 aliphatic heterocycles. The summed E-state index contributed by atoms with van der Waals surface area (Å²) in [6.45, 7) is 2.42. The lowest BCUT2D eigenvalue weighted by Gasteiger charge is -2.07. The van der Waals surface area contributed by atoms with Crippen LogP contribution in [0.5, 0.6) is 0 Å². The molecule has 0 saturated heterocycles. The highest BCUT2D eigenvalue weighted by Gasteiger charge is 2.06. The molecule has 1 aromatic heterocycles. The zero-order valence-corrected chi connectivity index (χ0v) is 11.4. The van der Waals surface area contributed by atoms with Gasteiger partial charge in [-0.1, -0.05) is 11.8 Å². The van der Waals surface area contributed by atoms with Gasteiger partial charge >= 0.3 is 0 Å². The summed E-state index contributed by atoms with van der Waals surface area (Å²) in [7, 11) is 1.90. The zero-order chi connectivity index (χ0) is 13.8. The van der Waals surface area contributed by atoms with Crippen LogP contribution < -0.4 is 5.32 Å². The van der Waals surface area contributed by atoms with Crippen LogP contribution in [0.1, 0.15) is 11.6 Å². The molecule has 1 aromatic carbocycles. The van der Waals surface area contributed by atoms with Gasteiger partial charge in [0.25, 0.3) is 5.76 Å². The van der Waals surface area contributed by atoms with Crippen molar-refractivity contribution in [2.45, 2.75) is 24.1 Å². The van der Waals surface area contributed by atoms with E-state index in [1.54, 1.807) is 24.3 Å². The largest absolute Gasteiger partial charge is 0.378 e. The van der Waals surface area contributed by atoms with Crippen LogP contribution in [-0.2, 0) is 13.6 Å². The minimum atomic E-state index is -2.39. The van der Waals surface area contributed by atoms with Crippen molar-refractivity contribution in [3.63, 3.8) is 0 Å².